The number of hydrogen-bond donors (Lipinski definition) is 1. The highest BCUT2D eigenvalue weighted by Gasteiger charge is 2.34. The van der Waals surface area contributed by atoms with E-state index in [9.17, 15) is 18.0 Å². The van der Waals surface area contributed by atoms with Crippen molar-refractivity contribution < 1.29 is 22.7 Å². The molecule has 0 saturated heterocycles. The van der Waals surface area contributed by atoms with Crippen LogP contribution in [0.2, 0.25) is 5.02 Å². The summed E-state index contributed by atoms with van der Waals surface area (Å²) in [6, 6.07) is 2.32. The summed E-state index contributed by atoms with van der Waals surface area (Å²) in [4.78, 5) is 11.9. The number of alkyl halides is 3. The number of nitrogens with two attached hydrogens (primary N) is 1. The van der Waals surface area contributed by atoms with Gasteiger partial charge in [-0.05, 0) is 49.3 Å². The van der Waals surface area contributed by atoms with Crippen LogP contribution in [-0.4, -0.2) is 18.5 Å². The summed E-state index contributed by atoms with van der Waals surface area (Å²) in [6.07, 6.45) is -0.954. The Morgan fingerprint density at radius 3 is 2.46 bits per heavy atom. The van der Waals surface area contributed by atoms with Gasteiger partial charge in [0.25, 0.3) is 0 Å². The monoisotopic (exact) mass is 391 g/mol. The molecule has 0 radical (unpaired) electrons. The Bertz CT molecular complexity index is 640. The Kier molecular flexibility index (Phi) is 6.97. The fourth-order valence-corrected chi connectivity index (χ4v) is 3.55. The average Bonchev–Trinajstić information content (AvgIpc) is 2.54. The highest BCUT2D eigenvalue weighted by Crippen LogP contribution is 2.38. The summed E-state index contributed by atoms with van der Waals surface area (Å²) in [5.41, 5.74) is 4.25. The third-order valence-corrected chi connectivity index (χ3v) is 5.35. The molecule has 1 aromatic carbocycles. The Labute approximate surface area is 157 Å². The van der Waals surface area contributed by atoms with Crippen molar-refractivity contribution in [3.63, 3.8) is 0 Å². The molecule has 0 unspecified atom stereocenters. The van der Waals surface area contributed by atoms with E-state index in [0.29, 0.717) is 18.4 Å². The van der Waals surface area contributed by atoms with Crippen molar-refractivity contribution >= 4 is 23.1 Å². The van der Waals surface area contributed by atoms with Gasteiger partial charge in [0.15, 0.2) is 5.78 Å². The van der Waals surface area contributed by atoms with Gasteiger partial charge in [-0.3, -0.25) is 4.79 Å². The van der Waals surface area contributed by atoms with Gasteiger partial charge in [-0.15, -0.1) is 0 Å². The third-order valence-electron chi connectivity index (χ3n) is 5.04. The number of hydrogen-bond acceptors (Lipinski definition) is 3. The number of halogens is 4. The van der Waals surface area contributed by atoms with Gasteiger partial charge in [0.05, 0.1) is 22.9 Å². The Balaban J connectivity index is 2.07. The van der Waals surface area contributed by atoms with E-state index in [-0.39, 0.29) is 22.8 Å². The van der Waals surface area contributed by atoms with E-state index >= 15 is 0 Å². The zero-order valence-corrected chi connectivity index (χ0v) is 15.8. The number of benzene rings is 1. The maximum absolute atomic E-state index is 13.1. The SMILES string of the molecule is CC(=O)[C@@H](Cc1cc(Cl)c(N)c(C(F)(F)F)c1)OCC1CCC(C)CC1. The van der Waals surface area contributed by atoms with Crippen LogP contribution in [0.5, 0.6) is 0 Å². The minimum atomic E-state index is -4.60. The van der Waals surface area contributed by atoms with Crippen molar-refractivity contribution in [1.82, 2.24) is 0 Å². The first-order valence-corrected chi connectivity index (χ1v) is 9.22. The van der Waals surface area contributed by atoms with Crippen LogP contribution in [0.1, 0.15) is 50.7 Å². The summed E-state index contributed by atoms with van der Waals surface area (Å²) >= 11 is 5.85. The molecular formula is C19H25ClF3NO2. The first kappa shape index (κ1) is 21.0. The second-order valence-electron chi connectivity index (χ2n) is 7.30. The Hall–Kier alpha value is -1.27. The van der Waals surface area contributed by atoms with Crippen LogP contribution >= 0.6 is 11.6 Å². The standard InChI is InChI=1S/C19H25ClF3NO2/c1-11-3-5-13(6-4-11)10-26-17(12(2)25)9-14-7-15(19(21,22)23)18(24)16(20)8-14/h7-8,11,13,17H,3-6,9-10,24H2,1-2H3/t11?,13?,17-/m1/s1. The fraction of sp³-hybridized carbons (Fsp3) is 0.632. The van der Waals surface area contributed by atoms with E-state index in [4.69, 9.17) is 22.1 Å². The first-order valence-electron chi connectivity index (χ1n) is 8.85. The maximum Gasteiger partial charge on any atom is 0.418 e. The van der Waals surface area contributed by atoms with Crippen molar-refractivity contribution in [3.05, 3.63) is 28.3 Å². The van der Waals surface area contributed by atoms with Gasteiger partial charge in [-0.2, -0.15) is 13.2 Å². The second kappa shape index (κ2) is 8.61. The smallest absolute Gasteiger partial charge is 0.397 e. The normalized spacial score (nSPS) is 22.2. The van der Waals surface area contributed by atoms with E-state index in [1.54, 1.807) is 0 Å². The number of carbonyl (C=O) groups is 1. The van der Waals surface area contributed by atoms with E-state index in [0.717, 1.165) is 31.7 Å². The van der Waals surface area contributed by atoms with Gasteiger partial charge in [0, 0.05) is 6.42 Å². The van der Waals surface area contributed by atoms with Crippen molar-refractivity contribution in [2.45, 2.75) is 58.2 Å². The highest BCUT2D eigenvalue weighted by atomic mass is 35.5. The van der Waals surface area contributed by atoms with Crippen LogP contribution in [0.15, 0.2) is 12.1 Å². The number of ketones is 1. The quantitative estimate of drug-likeness (QED) is 0.671. The lowest BCUT2D eigenvalue weighted by Crippen LogP contribution is -2.28. The van der Waals surface area contributed by atoms with Crippen molar-refractivity contribution in [3.8, 4) is 0 Å². The van der Waals surface area contributed by atoms with E-state index in [2.05, 4.69) is 6.92 Å². The van der Waals surface area contributed by atoms with E-state index in [1.807, 2.05) is 0 Å². The molecular weight excluding hydrogens is 367 g/mol. The molecule has 1 aliphatic carbocycles. The van der Waals surface area contributed by atoms with Crippen molar-refractivity contribution in [2.75, 3.05) is 12.3 Å². The minimum Gasteiger partial charge on any atom is -0.397 e. The molecule has 3 nitrogen and oxygen atoms in total. The van der Waals surface area contributed by atoms with Gasteiger partial charge in [0.1, 0.15) is 6.10 Å². The summed E-state index contributed by atoms with van der Waals surface area (Å²) in [6.45, 7) is 4.06. The van der Waals surface area contributed by atoms with Crippen LogP contribution in [-0.2, 0) is 22.1 Å². The van der Waals surface area contributed by atoms with Gasteiger partial charge >= 0.3 is 6.18 Å². The Morgan fingerprint density at radius 2 is 1.92 bits per heavy atom. The number of anilines is 1. The van der Waals surface area contributed by atoms with E-state index < -0.39 is 23.5 Å². The van der Waals surface area contributed by atoms with Gasteiger partial charge in [0.2, 0.25) is 0 Å². The molecule has 7 heteroatoms. The van der Waals surface area contributed by atoms with Crippen molar-refractivity contribution in [2.24, 2.45) is 11.8 Å². The summed E-state index contributed by atoms with van der Waals surface area (Å²) in [5, 5.41) is -0.168. The number of Topliss-reactive ketones (excluding diaryl/α,β-unsaturated/α-hetero) is 1. The molecule has 0 bridgehead atoms. The lowest BCUT2D eigenvalue weighted by atomic mass is 9.83. The lowest BCUT2D eigenvalue weighted by molar-refractivity contribution is -0.137. The fourth-order valence-electron chi connectivity index (χ4n) is 3.31. The molecule has 0 amide bonds. The van der Waals surface area contributed by atoms with Crippen molar-refractivity contribution in [1.29, 1.82) is 0 Å². The predicted molar refractivity (Wildman–Crippen MR) is 96.1 cm³/mol. The Morgan fingerprint density at radius 1 is 1.31 bits per heavy atom. The summed E-state index contributed by atoms with van der Waals surface area (Å²) < 4.78 is 45.0. The summed E-state index contributed by atoms with van der Waals surface area (Å²) in [5.74, 6) is 0.900. The van der Waals surface area contributed by atoms with Crippen LogP contribution < -0.4 is 5.73 Å². The topological polar surface area (TPSA) is 52.3 Å². The number of ether oxygens (including phenoxy) is 1. The molecule has 1 aliphatic rings. The number of carbonyl (C=O) groups excluding carboxylic acids is 1. The molecule has 26 heavy (non-hydrogen) atoms. The maximum atomic E-state index is 13.1. The lowest BCUT2D eigenvalue weighted by Gasteiger charge is -2.27. The molecule has 1 fully saturated rings. The van der Waals surface area contributed by atoms with Gasteiger partial charge in [-0.25, -0.2) is 0 Å². The molecule has 1 saturated carbocycles. The first-order chi connectivity index (χ1) is 12.1. The number of rotatable bonds is 6. The minimum absolute atomic E-state index is 0.0432. The highest BCUT2D eigenvalue weighted by molar-refractivity contribution is 6.33. The largest absolute Gasteiger partial charge is 0.418 e. The predicted octanol–water partition coefficient (Wildman–Crippen LogP) is 5.28. The third kappa shape index (κ3) is 5.61. The van der Waals surface area contributed by atoms with Crippen LogP contribution in [0, 0.1) is 11.8 Å². The molecule has 2 rings (SSSR count). The second-order valence-corrected chi connectivity index (χ2v) is 7.71. The molecule has 1 aromatic rings. The van der Waals surface area contributed by atoms with Gasteiger partial charge in [-0.1, -0.05) is 31.4 Å². The molecule has 2 N–H and O–H groups in total. The van der Waals surface area contributed by atoms with E-state index in [1.165, 1.54) is 13.0 Å². The number of nitrogen functional groups attached to an aromatic ring is 1. The zero-order valence-electron chi connectivity index (χ0n) is 15.0. The zero-order chi connectivity index (χ0) is 19.5. The van der Waals surface area contributed by atoms with Crippen LogP contribution in [0.4, 0.5) is 18.9 Å². The average molecular weight is 392 g/mol. The molecule has 0 aliphatic heterocycles. The molecule has 0 aromatic heterocycles. The molecule has 0 spiro atoms. The molecule has 1 atom stereocenters. The van der Waals surface area contributed by atoms with Gasteiger partial charge < -0.3 is 10.5 Å². The van der Waals surface area contributed by atoms with Crippen LogP contribution in [0.25, 0.3) is 0 Å². The van der Waals surface area contributed by atoms with Crippen LogP contribution in [0.3, 0.4) is 0 Å². The molecule has 146 valence electrons. The molecule has 0 heterocycles. The summed E-state index contributed by atoms with van der Waals surface area (Å²) in [7, 11) is 0.